The van der Waals surface area contributed by atoms with Gasteiger partial charge in [-0.1, -0.05) is 17.7 Å². The molecule has 1 unspecified atom stereocenters. The number of hydrogen-bond acceptors (Lipinski definition) is 2. The minimum atomic E-state index is -1.37. The molecule has 2 rings (SSSR count). The predicted molar refractivity (Wildman–Crippen MR) is 74.3 cm³/mol. The highest BCUT2D eigenvalue weighted by atomic mass is 35.5. The summed E-state index contributed by atoms with van der Waals surface area (Å²) >= 11 is 5.71. The molecule has 1 aromatic heterocycles. The Hall–Kier alpha value is -1.94. The fourth-order valence-electron chi connectivity index (χ4n) is 2.13. The summed E-state index contributed by atoms with van der Waals surface area (Å²) in [7, 11) is 0. The van der Waals surface area contributed by atoms with Crippen molar-refractivity contribution in [2.45, 2.75) is 18.8 Å². The Labute approximate surface area is 121 Å². The van der Waals surface area contributed by atoms with Crippen LogP contribution >= 0.6 is 11.6 Å². The van der Waals surface area contributed by atoms with Crippen LogP contribution in [0.1, 0.15) is 18.1 Å². The Kier molecular flexibility index (Phi) is 4.04. The molecule has 1 heterocycles. The summed E-state index contributed by atoms with van der Waals surface area (Å²) < 4.78 is 14.0. The maximum atomic E-state index is 14.0. The minimum Gasteiger partial charge on any atom is -0.481 e. The molecule has 0 bridgehead atoms. The van der Waals surface area contributed by atoms with Gasteiger partial charge in [0.15, 0.2) is 0 Å². The maximum Gasteiger partial charge on any atom is 0.314 e. The molecule has 3 nitrogen and oxygen atoms in total. The highest BCUT2D eigenvalue weighted by Gasteiger charge is 2.37. The monoisotopic (exact) mass is 293 g/mol. The molecular formula is C15H13ClFNO2. The van der Waals surface area contributed by atoms with E-state index in [0.29, 0.717) is 0 Å². The van der Waals surface area contributed by atoms with Crippen LogP contribution in [0.5, 0.6) is 0 Å². The minimum absolute atomic E-state index is 0.117. The van der Waals surface area contributed by atoms with Gasteiger partial charge in [-0.3, -0.25) is 9.78 Å². The number of aromatic nitrogens is 1. The van der Waals surface area contributed by atoms with Crippen molar-refractivity contribution in [3.63, 3.8) is 0 Å². The Morgan fingerprint density at radius 1 is 1.35 bits per heavy atom. The van der Waals surface area contributed by atoms with E-state index in [9.17, 15) is 14.3 Å². The van der Waals surface area contributed by atoms with E-state index in [1.807, 2.05) is 0 Å². The van der Waals surface area contributed by atoms with E-state index in [0.717, 1.165) is 11.6 Å². The molecule has 0 aliphatic heterocycles. The predicted octanol–water partition coefficient (Wildman–Crippen LogP) is 3.46. The molecule has 0 saturated carbocycles. The number of carbonyl (C=O) groups is 1. The zero-order valence-electron chi connectivity index (χ0n) is 10.8. The number of carboxylic acid groups (broad SMARTS) is 1. The second-order valence-corrected chi connectivity index (χ2v) is 5.23. The largest absolute Gasteiger partial charge is 0.481 e. The first-order valence-electron chi connectivity index (χ1n) is 6.01. The second-order valence-electron chi connectivity index (χ2n) is 4.79. The highest BCUT2D eigenvalue weighted by molar-refractivity contribution is 6.30. The van der Waals surface area contributed by atoms with Crippen LogP contribution < -0.4 is 0 Å². The molecule has 1 atom stereocenters. The van der Waals surface area contributed by atoms with Crippen molar-refractivity contribution < 1.29 is 14.3 Å². The number of carboxylic acids is 1. The zero-order chi connectivity index (χ0) is 14.8. The van der Waals surface area contributed by atoms with E-state index in [-0.39, 0.29) is 17.0 Å². The summed E-state index contributed by atoms with van der Waals surface area (Å²) in [5.74, 6) is -1.70. The number of pyridine rings is 1. The van der Waals surface area contributed by atoms with Gasteiger partial charge >= 0.3 is 5.97 Å². The van der Waals surface area contributed by atoms with Gasteiger partial charge in [0.25, 0.3) is 0 Å². The van der Waals surface area contributed by atoms with Gasteiger partial charge in [-0.05, 0) is 43.2 Å². The van der Waals surface area contributed by atoms with E-state index in [1.165, 1.54) is 19.1 Å². The summed E-state index contributed by atoms with van der Waals surface area (Å²) in [6, 6.07) is 7.48. The number of halogens is 2. The van der Waals surface area contributed by atoms with Crippen molar-refractivity contribution >= 4 is 17.6 Å². The van der Waals surface area contributed by atoms with Crippen molar-refractivity contribution in [2.75, 3.05) is 0 Å². The molecule has 5 heteroatoms. The SMILES string of the molecule is CC(Cc1ccncc1)(C(=O)O)c1ccc(Cl)cc1F. The standard InChI is InChI=1S/C15H13ClFNO2/c1-15(14(19)20,9-10-4-6-18-7-5-10)12-3-2-11(16)8-13(12)17/h2-8H,9H2,1H3,(H,19,20). The molecule has 0 fully saturated rings. The molecule has 0 aliphatic carbocycles. The van der Waals surface area contributed by atoms with Crippen molar-refractivity contribution in [3.8, 4) is 0 Å². The molecular weight excluding hydrogens is 281 g/mol. The van der Waals surface area contributed by atoms with Gasteiger partial charge < -0.3 is 5.11 Å². The molecule has 0 radical (unpaired) electrons. The summed E-state index contributed by atoms with van der Waals surface area (Å²) in [6.07, 6.45) is 3.33. The Bertz CT molecular complexity index is 633. The summed E-state index contributed by atoms with van der Waals surface area (Å²) in [5.41, 5.74) is -0.471. The molecule has 0 aliphatic rings. The Balaban J connectivity index is 2.47. The second kappa shape index (κ2) is 5.59. The third-order valence-corrected chi connectivity index (χ3v) is 3.54. The van der Waals surface area contributed by atoms with Crippen LogP contribution in [-0.2, 0) is 16.6 Å². The van der Waals surface area contributed by atoms with Crippen LogP contribution in [0.2, 0.25) is 5.02 Å². The van der Waals surface area contributed by atoms with E-state index in [2.05, 4.69) is 4.98 Å². The lowest BCUT2D eigenvalue weighted by molar-refractivity contribution is -0.143. The number of benzene rings is 1. The Morgan fingerprint density at radius 2 is 2.00 bits per heavy atom. The van der Waals surface area contributed by atoms with E-state index < -0.39 is 17.2 Å². The fraction of sp³-hybridized carbons (Fsp3) is 0.200. The summed E-state index contributed by atoms with van der Waals surface area (Å²) in [6.45, 7) is 1.50. The lowest BCUT2D eigenvalue weighted by Crippen LogP contribution is -2.35. The number of nitrogens with zero attached hydrogens (tertiary/aromatic N) is 1. The summed E-state index contributed by atoms with van der Waals surface area (Å²) in [4.78, 5) is 15.5. The molecule has 20 heavy (non-hydrogen) atoms. The fourth-order valence-corrected chi connectivity index (χ4v) is 2.29. The van der Waals surface area contributed by atoms with Crippen LogP contribution in [-0.4, -0.2) is 16.1 Å². The summed E-state index contributed by atoms with van der Waals surface area (Å²) in [5, 5.41) is 9.76. The lowest BCUT2D eigenvalue weighted by atomic mass is 9.77. The van der Waals surface area contributed by atoms with E-state index in [1.54, 1.807) is 24.5 Å². The van der Waals surface area contributed by atoms with Crippen LogP contribution in [0.3, 0.4) is 0 Å². The van der Waals surface area contributed by atoms with Crippen molar-refractivity contribution in [2.24, 2.45) is 0 Å². The van der Waals surface area contributed by atoms with Crippen molar-refractivity contribution in [1.82, 2.24) is 4.98 Å². The number of hydrogen-bond donors (Lipinski definition) is 1. The first kappa shape index (κ1) is 14.5. The smallest absolute Gasteiger partial charge is 0.314 e. The van der Waals surface area contributed by atoms with Gasteiger partial charge in [0.1, 0.15) is 5.82 Å². The Morgan fingerprint density at radius 3 is 2.55 bits per heavy atom. The van der Waals surface area contributed by atoms with Crippen LogP contribution in [0.4, 0.5) is 4.39 Å². The van der Waals surface area contributed by atoms with Crippen molar-refractivity contribution in [1.29, 1.82) is 0 Å². The maximum absolute atomic E-state index is 14.0. The average molecular weight is 294 g/mol. The highest BCUT2D eigenvalue weighted by Crippen LogP contribution is 2.31. The number of aliphatic carboxylic acids is 1. The van der Waals surface area contributed by atoms with Gasteiger partial charge in [-0.15, -0.1) is 0 Å². The van der Waals surface area contributed by atoms with Crippen molar-refractivity contribution in [3.05, 3.63) is 64.7 Å². The van der Waals surface area contributed by atoms with Gasteiger partial charge in [-0.25, -0.2) is 4.39 Å². The molecule has 2 aromatic rings. The molecule has 0 spiro atoms. The van der Waals surface area contributed by atoms with Gasteiger partial charge in [0.2, 0.25) is 0 Å². The first-order chi connectivity index (χ1) is 9.43. The average Bonchev–Trinajstić information content (AvgIpc) is 2.39. The number of rotatable bonds is 4. The quantitative estimate of drug-likeness (QED) is 0.939. The molecule has 104 valence electrons. The van der Waals surface area contributed by atoms with Gasteiger partial charge in [0.05, 0.1) is 5.41 Å². The van der Waals surface area contributed by atoms with E-state index >= 15 is 0 Å². The van der Waals surface area contributed by atoms with Gasteiger partial charge in [-0.2, -0.15) is 0 Å². The third kappa shape index (κ3) is 2.80. The molecule has 0 amide bonds. The molecule has 1 aromatic carbocycles. The van der Waals surface area contributed by atoms with Crippen LogP contribution in [0.15, 0.2) is 42.7 Å². The first-order valence-corrected chi connectivity index (χ1v) is 6.39. The molecule has 0 saturated heterocycles. The normalized spacial score (nSPS) is 13.8. The van der Waals surface area contributed by atoms with Crippen LogP contribution in [0.25, 0.3) is 0 Å². The van der Waals surface area contributed by atoms with Crippen LogP contribution in [0, 0.1) is 5.82 Å². The topological polar surface area (TPSA) is 50.2 Å². The molecule has 1 N–H and O–H groups in total. The third-order valence-electron chi connectivity index (χ3n) is 3.30. The lowest BCUT2D eigenvalue weighted by Gasteiger charge is -2.26. The van der Waals surface area contributed by atoms with Gasteiger partial charge in [0, 0.05) is 23.0 Å². The zero-order valence-corrected chi connectivity index (χ0v) is 11.6. The van der Waals surface area contributed by atoms with E-state index in [4.69, 9.17) is 11.6 Å².